The molecule has 0 saturated carbocycles. The van der Waals surface area contributed by atoms with Crippen molar-refractivity contribution in [2.24, 2.45) is 11.3 Å². The van der Waals surface area contributed by atoms with Gasteiger partial charge in [-0.15, -0.1) is 0 Å². The number of rotatable bonds is 2. The number of hydrogen-bond donors (Lipinski definition) is 1. The highest BCUT2D eigenvalue weighted by Crippen LogP contribution is 2.40. The second-order valence-electron chi connectivity index (χ2n) is 5.87. The predicted octanol–water partition coefficient (Wildman–Crippen LogP) is 3.11. The van der Waals surface area contributed by atoms with Crippen LogP contribution in [-0.2, 0) is 4.74 Å². The molecule has 1 aliphatic heterocycles. The molecule has 15 heavy (non-hydrogen) atoms. The largest absolute Gasteiger partial charge is 0.367 e. The van der Waals surface area contributed by atoms with Crippen LogP contribution in [0.2, 0.25) is 0 Å². The average molecular weight is 212 g/mol. The molecule has 2 atom stereocenters. The molecule has 0 aromatic carbocycles. The summed E-state index contributed by atoms with van der Waals surface area (Å²) in [6, 6.07) is 0. The van der Waals surface area contributed by atoms with Crippen molar-refractivity contribution in [3.05, 3.63) is 12.2 Å². The summed E-state index contributed by atoms with van der Waals surface area (Å²) >= 11 is 0. The van der Waals surface area contributed by atoms with Gasteiger partial charge in [0.1, 0.15) is 0 Å². The summed E-state index contributed by atoms with van der Waals surface area (Å²) in [5.74, 6) is 0.525. The summed E-state index contributed by atoms with van der Waals surface area (Å²) in [5.41, 5.74) is -0.412. The summed E-state index contributed by atoms with van der Waals surface area (Å²) in [7, 11) is 0. The van der Waals surface area contributed by atoms with Crippen LogP contribution in [0.3, 0.4) is 0 Å². The minimum Gasteiger partial charge on any atom is -0.367 e. The topological polar surface area (TPSA) is 29.5 Å². The summed E-state index contributed by atoms with van der Waals surface area (Å²) in [5, 5.41) is 9.88. The van der Waals surface area contributed by atoms with Gasteiger partial charge >= 0.3 is 0 Å². The normalized spacial score (nSPS) is 36.3. The van der Waals surface area contributed by atoms with Crippen LogP contribution >= 0.6 is 0 Å². The van der Waals surface area contributed by atoms with Crippen LogP contribution in [0.25, 0.3) is 0 Å². The Morgan fingerprint density at radius 3 is 2.33 bits per heavy atom. The zero-order valence-electron chi connectivity index (χ0n) is 10.6. The van der Waals surface area contributed by atoms with Crippen LogP contribution in [0.4, 0.5) is 0 Å². The van der Waals surface area contributed by atoms with E-state index in [1.807, 2.05) is 20.8 Å². The molecule has 2 unspecified atom stereocenters. The van der Waals surface area contributed by atoms with E-state index in [-0.39, 0.29) is 11.0 Å². The number of aliphatic hydroxyl groups excluding tert-OH is 1. The van der Waals surface area contributed by atoms with Crippen LogP contribution in [-0.4, -0.2) is 17.0 Å². The molecule has 2 nitrogen and oxygen atoms in total. The molecule has 1 fully saturated rings. The van der Waals surface area contributed by atoms with E-state index in [4.69, 9.17) is 4.74 Å². The van der Waals surface area contributed by atoms with Crippen molar-refractivity contribution in [1.82, 2.24) is 0 Å². The Kier molecular flexibility index (Phi) is 3.62. The fourth-order valence-corrected chi connectivity index (χ4v) is 1.69. The molecule has 1 rings (SSSR count). The van der Waals surface area contributed by atoms with Gasteiger partial charge in [-0.3, -0.25) is 0 Å². The lowest BCUT2D eigenvalue weighted by Gasteiger charge is -2.43. The van der Waals surface area contributed by atoms with Gasteiger partial charge in [-0.25, -0.2) is 0 Å². The van der Waals surface area contributed by atoms with E-state index in [1.165, 1.54) is 0 Å². The third-order valence-corrected chi connectivity index (χ3v) is 3.15. The summed E-state index contributed by atoms with van der Waals surface area (Å²) in [4.78, 5) is 0. The summed E-state index contributed by atoms with van der Waals surface area (Å²) < 4.78 is 5.71. The third kappa shape index (κ3) is 3.32. The zero-order chi connectivity index (χ0) is 11.7. The summed E-state index contributed by atoms with van der Waals surface area (Å²) in [6.45, 7) is 10.4. The molecular weight excluding hydrogens is 188 g/mol. The molecule has 0 radical (unpaired) electrons. The Bertz CT molecular complexity index is 243. The Morgan fingerprint density at radius 2 is 1.87 bits per heavy atom. The van der Waals surface area contributed by atoms with Gasteiger partial charge in [0.2, 0.25) is 0 Å². The van der Waals surface area contributed by atoms with E-state index in [1.54, 1.807) is 0 Å². The lowest BCUT2D eigenvalue weighted by atomic mass is 9.79. The maximum absolute atomic E-state index is 9.88. The first-order chi connectivity index (χ1) is 6.75. The maximum atomic E-state index is 9.88. The molecule has 0 aliphatic carbocycles. The van der Waals surface area contributed by atoms with E-state index >= 15 is 0 Å². The second kappa shape index (κ2) is 4.26. The molecule has 1 N–H and O–H groups in total. The highest BCUT2D eigenvalue weighted by atomic mass is 16.6. The summed E-state index contributed by atoms with van der Waals surface area (Å²) in [6.07, 6.45) is 5.54. The fraction of sp³-hybridized carbons (Fsp3) is 0.846. The first-order valence-electron chi connectivity index (χ1n) is 5.80. The van der Waals surface area contributed by atoms with Gasteiger partial charge in [0, 0.05) is 5.41 Å². The van der Waals surface area contributed by atoms with Crippen molar-refractivity contribution in [2.45, 2.75) is 59.4 Å². The molecular formula is C13H24O2. The lowest BCUT2D eigenvalue weighted by Crippen LogP contribution is -2.46. The molecule has 1 saturated heterocycles. The minimum absolute atomic E-state index is 0.120. The van der Waals surface area contributed by atoms with Gasteiger partial charge in [-0.1, -0.05) is 39.8 Å². The van der Waals surface area contributed by atoms with Gasteiger partial charge in [-0.05, 0) is 25.7 Å². The number of allylic oxidation sites excluding steroid dienone is 1. The lowest BCUT2D eigenvalue weighted by molar-refractivity contribution is -0.243. The molecule has 0 aromatic heterocycles. The van der Waals surface area contributed by atoms with Crippen molar-refractivity contribution in [3.63, 3.8) is 0 Å². The molecule has 0 bridgehead atoms. The first-order valence-corrected chi connectivity index (χ1v) is 5.80. The molecule has 2 heteroatoms. The number of ether oxygens (including phenoxy) is 1. The van der Waals surface area contributed by atoms with Gasteiger partial charge in [0.25, 0.3) is 0 Å². The molecule has 0 spiro atoms. The number of aliphatic hydroxyl groups is 1. The van der Waals surface area contributed by atoms with E-state index in [0.29, 0.717) is 5.92 Å². The predicted molar refractivity (Wildman–Crippen MR) is 62.5 cm³/mol. The van der Waals surface area contributed by atoms with Crippen molar-refractivity contribution in [3.8, 4) is 0 Å². The Labute approximate surface area is 93.3 Å². The molecule has 0 aromatic rings. The van der Waals surface area contributed by atoms with Crippen molar-refractivity contribution >= 4 is 0 Å². The average Bonchev–Trinajstić information content (AvgIpc) is 2.10. The van der Waals surface area contributed by atoms with Crippen LogP contribution < -0.4 is 0 Å². The van der Waals surface area contributed by atoms with E-state index in [9.17, 15) is 5.11 Å². The maximum Gasteiger partial charge on any atom is 0.160 e. The standard InChI is InChI=1S/C13H24O2/c1-10(2)6-7-13(5)9-8-12(3,4)11(14)15-13/h6-7,10-11,14H,8-9H2,1-5H3/b7-6+. The molecule has 1 aliphatic rings. The van der Waals surface area contributed by atoms with Crippen LogP contribution in [0.15, 0.2) is 12.2 Å². The van der Waals surface area contributed by atoms with Crippen molar-refractivity contribution in [2.75, 3.05) is 0 Å². The smallest absolute Gasteiger partial charge is 0.160 e. The minimum atomic E-state index is -0.659. The Balaban J connectivity index is 2.67. The SMILES string of the molecule is CC(C)/C=C/C1(C)CCC(C)(C)C(O)O1. The molecule has 1 heterocycles. The second-order valence-corrected chi connectivity index (χ2v) is 5.87. The van der Waals surface area contributed by atoms with Gasteiger partial charge in [0.15, 0.2) is 6.29 Å². The van der Waals surface area contributed by atoms with Crippen LogP contribution in [0.5, 0.6) is 0 Å². The van der Waals surface area contributed by atoms with Gasteiger partial charge < -0.3 is 9.84 Å². The highest BCUT2D eigenvalue weighted by Gasteiger charge is 2.40. The van der Waals surface area contributed by atoms with E-state index < -0.39 is 6.29 Å². The molecule has 88 valence electrons. The quantitative estimate of drug-likeness (QED) is 0.713. The monoisotopic (exact) mass is 212 g/mol. The zero-order valence-corrected chi connectivity index (χ0v) is 10.6. The third-order valence-electron chi connectivity index (χ3n) is 3.15. The van der Waals surface area contributed by atoms with Gasteiger partial charge in [0.05, 0.1) is 5.60 Å². The van der Waals surface area contributed by atoms with Crippen molar-refractivity contribution < 1.29 is 9.84 Å². The Morgan fingerprint density at radius 1 is 1.27 bits per heavy atom. The highest BCUT2D eigenvalue weighted by molar-refractivity contribution is 5.04. The van der Waals surface area contributed by atoms with E-state index in [0.717, 1.165) is 12.8 Å². The number of hydrogen-bond acceptors (Lipinski definition) is 2. The Hall–Kier alpha value is -0.340. The fourth-order valence-electron chi connectivity index (χ4n) is 1.69. The van der Waals surface area contributed by atoms with Crippen LogP contribution in [0.1, 0.15) is 47.5 Å². The molecule has 0 amide bonds. The van der Waals surface area contributed by atoms with E-state index in [2.05, 4.69) is 26.0 Å². The van der Waals surface area contributed by atoms with Crippen molar-refractivity contribution in [1.29, 1.82) is 0 Å². The van der Waals surface area contributed by atoms with Crippen LogP contribution in [0, 0.1) is 11.3 Å². The first kappa shape index (κ1) is 12.7. The van der Waals surface area contributed by atoms with Gasteiger partial charge in [-0.2, -0.15) is 0 Å².